The van der Waals surface area contributed by atoms with E-state index in [1.165, 1.54) is 18.2 Å². The van der Waals surface area contributed by atoms with Crippen LogP contribution in [-0.4, -0.2) is 27.6 Å². The molecule has 1 aliphatic rings. The predicted octanol–water partition coefficient (Wildman–Crippen LogP) is 3.04. The third-order valence-corrected chi connectivity index (χ3v) is 5.30. The fourth-order valence-electron chi connectivity index (χ4n) is 2.64. The van der Waals surface area contributed by atoms with Gasteiger partial charge >= 0.3 is 0 Å². The van der Waals surface area contributed by atoms with E-state index in [1.807, 2.05) is 19.9 Å². The van der Waals surface area contributed by atoms with Crippen molar-refractivity contribution in [3.05, 3.63) is 59.4 Å². The highest BCUT2D eigenvalue weighted by Crippen LogP contribution is 2.30. The van der Waals surface area contributed by atoms with Crippen molar-refractivity contribution in [1.29, 1.82) is 0 Å². The second kappa shape index (κ2) is 5.94. The van der Waals surface area contributed by atoms with Gasteiger partial charge in [-0.2, -0.15) is 8.42 Å². The Morgan fingerprint density at radius 3 is 2.35 bits per heavy atom. The highest BCUT2D eigenvalue weighted by molar-refractivity contribution is 7.86. The van der Waals surface area contributed by atoms with Crippen molar-refractivity contribution in [2.75, 3.05) is 18.0 Å². The third-order valence-electron chi connectivity index (χ3n) is 3.93. The van der Waals surface area contributed by atoms with Crippen molar-refractivity contribution in [3.63, 3.8) is 0 Å². The molecule has 122 valence electrons. The first-order chi connectivity index (χ1) is 10.9. The van der Waals surface area contributed by atoms with Gasteiger partial charge in [0.1, 0.15) is 11.9 Å². The van der Waals surface area contributed by atoms with Crippen LogP contribution in [0.25, 0.3) is 0 Å². The smallest absolute Gasteiger partial charge is 0.297 e. The maximum absolute atomic E-state index is 13.9. The Hall–Kier alpha value is -1.92. The molecule has 4 nitrogen and oxygen atoms in total. The Kier molecular flexibility index (Phi) is 4.12. The van der Waals surface area contributed by atoms with Crippen molar-refractivity contribution in [3.8, 4) is 0 Å². The summed E-state index contributed by atoms with van der Waals surface area (Å²) in [7, 11) is -3.78. The maximum atomic E-state index is 13.9. The molecule has 0 radical (unpaired) electrons. The van der Waals surface area contributed by atoms with Crippen LogP contribution in [0.3, 0.4) is 0 Å². The van der Waals surface area contributed by atoms with E-state index in [9.17, 15) is 12.8 Å². The van der Waals surface area contributed by atoms with E-state index in [2.05, 4.69) is 0 Å². The van der Waals surface area contributed by atoms with Crippen LogP contribution < -0.4 is 4.90 Å². The largest absolute Gasteiger partial charge is 0.363 e. The number of para-hydroxylation sites is 1. The van der Waals surface area contributed by atoms with Crippen molar-refractivity contribution in [2.24, 2.45) is 0 Å². The lowest BCUT2D eigenvalue weighted by molar-refractivity contribution is 0.174. The molecule has 1 fully saturated rings. The first-order valence-electron chi connectivity index (χ1n) is 7.37. The van der Waals surface area contributed by atoms with Gasteiger partial charge < -0.3 is 4.90 Å². The molecule has 1 aliphatic heterocycles. The van der Waals surface area contributed by atoms with E-state index in [0.717, 1.165) is 11.1 Å². The maximum Gasteiger partial charge on any atom is 0.297 e. The Labute approximate surface area is 135 Å². The van der Waals surface area contributed by atoms with Crippen molar-refractivity contribution in [2.45, 2.75) is 24.8 Å². The average molecular weight is 335 g/mol. The molecule has 0 aliphatic carbocycles. The molecule has 0 spiro atoms. The molecule has 23 heavy (non-hydrogen) atoms. The van der Waals surface area contributed by atoms with Gasteiger partial charge in [-0.25, -0.2) is 4.39 Å². The average Bonchev–Trinajstić information content (AvgIpc) is 2.44. The minimum atomic E-state index is -3.78. The number of aryl methyl sites for hydroxylation is 2. The van der Waals surface area contributed by atoms with Crippen molar-refractivity contribution in [1.82, 2.24) is 0 Å². The number of rotatable bonds is 4. The fourth-order valence-corrected chi connectivity index (χ4v) is 3.71. The van der Waals surface area contributed by atoms with Gasteiger partial charge in [-0.3, -0.25) is 4.18 Å². The minimum Gasteiger partial charge on any atom is -0.363 e. The normalized spacial score (nSPS) is 15.5. The Bertz CT molecular complexity index is 792. The monoisotopic (exact) mass is 335 g/mol. The predicted molar refractivity (Wildman–Crippen MR) is 86.6 cm³/mol. The van der Waals surface area contributed by atoms with Gasteiger partial charge in [0.2, 0.25) is 0 Å². The molecule has 3 rings (SSSR count). The molecule has 0 atom stereocenters. The van der Waals surface area contributed by atoms with Crippen LogP contribution >= 0.6 is 0 Å². The topological polar surface area (TPSA) is 46.6 Å². The number of hydrogen-bond acceptors (Lipinski definition) is 4. The molecule has 0 saturated carbocycles. The van der Waals surface area contributed by atoms with Crippen LogP contribution in [0.15, 0.2) is 47.4 Å². The van der Waals surface area contributed by atoms with Crippen molar-refractivity contribution >= 4 is 15.8 Å². The molecule has 6 heteroatoms. The van der Waals surface area contributed by atoms with Gasteiger partial charge in [0.25, 0.3) is 10.1 Å². The van der Waals surface area contributed by atoms with Crippen LogP contribution in [0.2, 0.25) is 0 Å². The number of halogens is 1. The zero-order valence-corrected chi connectivity index (χ0v) is 13.8. The Morgan fingerprint density at radius 2 is 1.74 bits per heavy atom. The molecule has 0 N–H and O–H groups in total. The molecule has 1 heterocycles. The summed E-state index contributed by atoms with van der Waals surface area (Å²) in [4.78, 5) is 1.93. The van der Waals surface area contributed by atoms with E-state index >= 15 is 0 Å². The molecule has 0 aromatic heterocycles. The summed E-state index contributed by atoms with van der Waals surface area (Å²) in [5.41, 5.74) is 2.32. The van der Waals surface area contributed by atoms with Gasteiger partial charge in [-0.1, -0.05) is 29.8 Å². The summed E-state index contributed by atoms with van der Waals surface area (Å²) in [6.45, 7) is 4.42. The molecule has 0 unspecified atom stereocenters. The van der Waals surface area contributed by atoms with Crippen molar-refractivity contribution < 1.29 is 17.0 Å². The van der Waals surface area contributed by atoms with Gasteiger partial charge in [0.15, 0.2) is 0 Å². The summed E-state index contributed by atoms with van der Waals surface area (Å²) in [6, 6.07) is 11.4. The summed E-state index contributed by atoms with van der Waals surface area (Å²) in [6.07, 6.45) is -0.458. The standard InChI is InChI=1S/C17H18FNO3S/c1-12-6-8-15(9-7-12)23(20,21)22-14-10-19(11-14)17-13(2)4-3-5-16(17)18/h3-9,14H,10-11H2,1-2H3. The molecule has 1 saturated heterocycles. The van der Waals surface area contributed by atoms with E-state index in [1.54, 1.807) is 23.1 Å². The number of hydrogen-bond donors (Lipinski definition) is 0. The first-order valence-corrected chi connectivity index (χ1v) is 8.77. The lowest BCUT2D eigenvalue weighted by Crippen LogP contribution is -2.53. The van der Waals surface area contributed by atoms with Crippen LogP contribution in [0.1, 0.15) is 11.1 Å². The van der Waals surface area contributed by atoms with Crippen LogP contribution in [0.4, 0.5) is 10.1 Å². The summed E-state index contributed by atoms with van der Waals surface area (Å²) in [5.74, 6) is -0.301. The van der Waals surface area contributed by atoms with E-state index in [0.29, 0.717) is 18.8 Å². The SMILES string of the molecule is Cc1ccc(S(=O)(=O)OC2CN(c3c(C)cccc3F)C2)cc1. The quantitative estimate of drug-likeness (QED) is 0.806. The third kappa shape index (κ3) is 3.23. The van der Waals surface area contributed by atoms with E-state index in [4.69, 9.17) is 4.18 Å². The zero-order chi connectivity index (χ0) is 16.6. The Balaban J connectivity index is 1.67. The first kappa shape index (κ1) is 16.0. The lowest BCUT2D eigenvalue weighted by atomic mass is 10.1. The summed E-state index contributed by atoms with van der Waals surface area (Å²) < 4.78 is 43.5. The number of benzene rings is 2. The second-order valence-corrected chi connectivity index (χ2v) is 7.37. The Morgan fingerprint density at radius 1 is 1.09 bits per heavy atom. The highest BCUT2D eigenvalue weighted by atomic mass is 32.2. The van der Waals surface area contributed by atoms with Gasteiger partial charge in [-0.05, 0) is 37.6 Å². The molecule has 0 bridgehead atoms. The van der Waals surface area contributed by atoms with Gasteiger partial charge in [-0.15, -0.1) is 0 Å². The number of anilines is 1. The van der Waals surface area contributed by atoms with Crippen LogP contribution in [0.5, 0.6) is 0 Å². The fraction of sp³-hybridized carbons (Fsp3) is 0.294. The molecule has 0 amide bonds. The molecule has 2 aromatic carbocycles. The van der Waals surface area contributed by atoms with E-state index < -0.39 is 16.2 Å². The molecular formula is C17H18FNO3S. The summed E-state index contributed by atoms with van der Waals surface area (Å²) >= 11 is 0. The van der Waals surface area contributed by atoms with Crippen LogP contribution in [0, 0.1) is 19.7 Å². The highest BCUT2D eigenvalue weighted by Gasteiger charge is 2.34. The molecular weight excluding hydrogens is 317 g/mol. The number of nitrogens with zero attached hydrogens (tertiary/aromatic N) is 1. The van der Waals surface area contributed by atoms with Crippen LogP contribution in [-0.2, 0) is 14.3 Å². The summed E-state index contributed by atoms with van der Waals surface area (Å²) in [5, 5.41) is 0. The zero-order valence-electron chi connectivity index (χ0n) is 13.0. The molecule has 2 aromatic rings. The van der Waals surface area contributed by atoms with Gasteiger partial charge in [0, 0.05) is 13.1 Å². The van der Waals surface area contributed by atoms with E-state index in [-0.39, 0.29) is 10.7 Å². The lowest BCUT2D eigenvalue weighted by Gasteiger charge is -2.40. The minimum absolute atomic E-state index is 0.142. The second-order valence-electron chi connectivity index (χ2n) is 5.80. The van der Waals surface area contributed by atoms with Gasteiger partial charge in [0.05, 0.1) is 10.6 Å².